The molecule has 0 saturated carbocycles. The first kappa shape index (κ1) is 18.2. The Morgan fingerprint density at radius 1 is 0.923 bits per heavy atom. The van der Waals surface area contributed by atoms with Crippen LogP contribution in [-0.2, 0) is 14.6 Å². The molecule has 1 aromatic heterocycles. The lowest BCUT2D eigenvalue weighted by Crippen LogP contribution is -2.13. The quantitative estimate of drug-likeness (QED) is 0.661. The summed E-state index contributed by atoms with van der Waals surface area (Å²) in [4.78, 5) is 15.4. The molecule has 0 unspecified atom stereocenters. The van der Waals surface area contributed by atoms with Gasteiger partial charge in [-0.15, -0.1) is 0 Å². The van der Waals surface area contributed by atoms with E-state index in [2.05, 4.69) is 22.9 Å². The molecular weight excluding hydrogens is 368 g/mol. The number of aromatic nitrogens is 1. The summed E-state index contributed by atoms with van der Waals surface area (Å²) in [5.74, 6) is -0.254. The van der Waals surface area contributed by atoms with Crippen molar-refractivity contribution in [3.8, 4) is 11.1 Å². The number of anilines is 1. The molecule has 3 rings (SSSR count). The minimum absolute atomic E-state index is 0.0355. The molecular formula is C19H16N2O3S2. The highest BCUT2D eigenvalue weighted by Crippen LogP contribution is 2.24. The lowest BCUT2D eigenvalue weighted by molar-refractivity contribution is -0.113. The number of amides is 1. The van der Waals surface area contributed by atoms with Gasteiger partial charge in [0.05, 0.1) is 22.5 Å². The number of sulfone groups is 1. The summed E-state index contributed by atoms with van der Waals surface area (Å²) < 4.78 is 25.4. The molecule has 2 aromatic carbocycles. The highest BCUT2D eigenvalue weighted by molar-refractivity contribution is 7.91. The molecule has 7 heteroatoms. The van der Waals surface area contributed by atoms with E-state index in [1.54, 1.807) is 24.3 Å². The summed E-state index contributed by atoms with van der Waals surface area (Å²) in [5.41, 5.74) is 2.36. The number of nitrogens with zero attached hydrogens (tertiary/aromatic N) is 1. The standard InChI is InChI=1S/C19H16N2O3S2/c22-18(13-25)21-16-8-11-19(20-12-16)26(23,24)17-9-6-15(7-10-17)14-4-2-1-3-5-14/h1-12,25H,13H2,(H,21,22). The molecule has 3 aromatic rings. The molecule has 0 radical (unpaired) electrons. The molecule has 5 nitrogen and oxygen atoms in total. The fraction of sp³-hybridized carbons (Fsp3) is 0.0526. The van der Waals surface area contributed by atoms with Gasteiger partial charge < -0.3 is 5.32 Å². The molecule has 1 amide bonds. The molecule has 0 aliphatic carbocycles. The van der Waals surface area contributed by atoms with E-state index in [-0.39, 0.29) is 21.6 Å². The van der Waals surface area contributed by atoms with Crippen molar-refractivity contribution in [1.29, 1.82) is 0 Å². The van der Waals surface area contributed by atoms with E-state index in [4.69, 9.17) is 0 Å². The molecule has 0 fully saturated rings. The van der Waals surface area contributed by atoms with Crippen LogP contribution in [0.15, 0.2) is 82.8 Å². The van der Waals surface area contributed by atoms with Crippen molar-refractivity contribution >= 4 is 34.1 Å². The number of thiol groups is 1. The third-order valence-corrected chi connectivity index (χ3v) is 5.68. The number of hydrogen-bond acceptors (Lipinski definition) is 5. The average Bonchev–Trinajstić information content (AvgIpc) is 2.69. The first-order chi connectivity index (χ1) is 12.5. The summed E-state index contributed by atoms with van der Waals surface area (Å²) in [6.07, 6.45) is 1.31. The SMILES string of the molecule is O=C(CS)Nc1ccc(S(=O)(=O)c2ccc(-c3ccccc3)cc2)nc1. The fourth-order valence-electron chi connectivity index (χ4n) is 2.39. The minimum Gasteiger partial charge on any atom is -0.324 e. The molecule has 0 atom stereocenters. The maximum absolute atomic E-state index is 12.7. The Hall–Kier alpha value is -2.64. The minimum atomic E-state index is -3.73. The van der Waals surface area contributed by atoms with E-state index >= 15 is 0 Å². The van der Waals surface area contributed by atoms with E-state index < -0.39 is 9.84 Å². The monoisotopic (exact) mass is 384 g/mol. The molecule has 1 heterocycles. The number of rotatable bonds is 5. The van der Waals surface area contributed by atoms with Crippen molar-refractivity contribution in [2.45, 2.75) is 9.92 Å². The lowest BCUT2D eigenvalue weighted by Gasteiger charge is -2.07. The van der Waals surface area contributed by atoms with E-state index in [1.807, 2.05) is 30.3 Å². The van der Waals surface area contributed by atoms with Gasteiger partial charge >= 0.3 is 0 Å². The maximum Gasteiger partial charge on any atom is 0.234 e. The Morgan fingerprint density at radius 3 is 2.15 bits per heavy atom. The summed E-state index contributed by atoms with van der Waals surface area (Å²) >= 11 is 3.87. The van der Waals surface area contributed by atoms with Crippen LogP contribution in [-0.4, -0.2) is 25.1 Å². The second kappa shape index (κ2) is 7.72. The first-order valence-electron chi connectivity index (χ1n) is 7.78. The predicted molar refractivity (Wildman–Crippen MR) is 104 cm³/mol. The van der Waals surface area contributed by atoms with Crippen LogP contribution in [0.1, 0.15) is 0 Å². The number of benzene rings is 2. The van der Waals surface area contributed by atoms with Crippen LogP contribution in [0.2, 0.25) is 0 Å². The van der Waals surface area contributed by atoms with Gasteiger partial charge in [-0.1, -0.05) is 42.5 Å². The van der Waals surface area contributed by atoms with Crippen LogP contribution in [0.25, 0.3) is 11.1 Å². The van der Waals surface area contributed by atoms with Gasteiger partial charge in [0.25, 0.3) is 0 Å². The van der Waals surface area contributed by atoms with Crippen LogP contribution in [0, 0.1) is 0 Å². The predicted octanol–water partition coefficient (Wildman–Crippen LogP) is 3.45. The maximum atomic E-state index is 12.7. The molecule has 0 bridgehead atoms. The van der Waals surface area contributed by atoms with Crippen LogP contribution in [0.5, 0.6) is 0 Å². The van der Waals surface area contributed by atoms with Crippen molar-refractivity contribution in [3.63, 3.8) is 0 Å². The van der Waals surface area contributed by atoms with Crippen molar-refractivity contribution in [2.24, 2.45) is 0 Å². The number of hydrogen-bond donors (Lipinski definition) is 2. The lowest BCUT2D eigenvalue weighted by atomic mass is 10.1. The summed E-state index contributed by atoms with van der Waals surface area (Å²) in [6, 6.07) is 19.2. The molecule has 0 saturated heterocycles. The van der Waals surface area contributed by atoms with Gasteiger partial charge in [-0.3, -0.25) is 4.79 Å². The van der Waals surface area contributed by atoms with E-state index in [9.17, 15) is 13.2 Å². The molecule has 0 aliphatic heterocycles. The second-order valence-corrected chi connectivity index (χ2v) is 7.70. The Balaban J connectivity index is 1.85. The third kappa shape index (κ3) is 3.95. The largest absolute Gasteiger partial charge is 0.324 e. The van der Waals surface area contributed by atoms with E-state index in [1.165, 1.54) is 18.3 Å². The van der Waals surface area contributed by atoms with Crippen LogP contribution in [0.3, 0.4) is 0 Å². The Labute approximate surface area is 157 Å². The van der Waals surface area contributed by atoms with Gasteiger partial charge in [0.15, 0.2) is 5.03 Å². The van der Waals surface area contributed by atoms with Gasteiger partial charge in [-0.05, 0) is 35.4 Å². The molecule has 26 heavy (non-hydrogen) atoms. The highest BCUT2D eigenvalue weighted by atomic mass is 32.2. The number of carbonyl (C=O) groups excluding carboxylic acids is 1. The zero-order valence-corrected chi connectivity index (χ0v) is 15.4. The molecule has 132 valence electrons. The molecule has 0 spiro atoms. The summed E-state index contributed by atoms with van der Waals surface area (Å²) in [7, 11) is -3.73. The van der Waals surface area contributed by atoms with Crippen LogP contribution >= 0.6 is 12.6 Å². The topological polar surface area (TPSA) is 76.1 Å². The Bertz CT molecular complexity index is 1000. The normalized spacial score (nSPS) is 11.1. The number of pyridine rings is 1. The van der Waals surface area contributed by atoms with E-state index in [0.717, 1.165) is 11.1 Å². The summed E-state index contributed by atoms with van der Waals surface area (Å²) in [6.45, 7) is 0. The van der Waals surface area contributed by atoms with E-state index in [0.29, 0.717) is 5.69 Å². The van der Waals surface area contributed by atoms with Crippen molar-refractivity contribution in [1.82, 2.24) is 4.98 Å². The average molecular weight is 384 g/mol. The molecule has 0 aliphatic rings. The molecule has 1 N–H and O–H groups in total. The highest BCUT2D eigenvalue weighted by Gasteiger charge is 2.19. The zero-order chi connectivity index (χ0) is 18.6. The van der Waals surface area contributed by atoms with Crippen molar-refractivity contribution in [3.05, 3.63) is 72.9 Å². The van der Waals surface area contributed by atoms with Gasteiger partial charge in [0.1, 0.15) is 0 Å². The summed E-state index contributed by atoms with van der Waals surface area (Å²) in [5, 5.41) is 2.49. The van der Waals surface area contributed by atoms with Gasteiger partial charge in [-0.25, -0.2) is 13.4 Å². The van der Waals surface area contributed by atoms with Gasteiger partial charge in [0.2, 0.25) is 15.7 Å². The fourth-order valence-corrected chi connectivity index (χ4v) is 3.65. The first-order valence-corrected chi connectivity index (χ1v) is 9.89. The van der Waals surface area contributed by atoms with Crippen molar-refractivity contribution < 1.29 is 13.2 Å². The zero-order valence-electron chi connectivity index (χ0n) is 13.7. The third-order valence-electron chi connectivity index (χ3n) is 3.71. The number of carbonyl (C=O) groups is 1. The Morgan fingerprint density at radius 2 is 1.58 bits per heavy atom. The Kier molecular flexibility index (Phi) is 5.39. The van der Waals surface area contributed by atoms with Crippen molar-refractivity contribution in [2.75, 3.05) is 11.1 Å². The van der Waals surface area contributed by atoms with Gasteiger partial charge in [0, 0.05) is 0 Å². The second-order valence-electron chi connectivity index (χ2n) is 5.49. The smallest absolute Gasteiger partial charge is 0.234 e. The van der Waals surface area contributed by atoms with Crippen LogP contribution in [0.4, 0.5) is 5.69 Å². The van der Waals surface area contributed by atoms with Crippen LogP contribution < -0.4 is 5.32 Å². The number of nitrogens with one attached hydrogen (secondary N) is 1. The van der Waals surface area contributed by atoms with Gasteiger partial charge in [-0.2, -0.15) is 12.6 Å².